The van der Waals surface area contributed by atoms with Gasteiger partial charge in [0.25, 0.3) is 0 Å². The molecule has 0 bridgehead atoms. The zero-order valence-electron chi connectivity index (χ0n) is 26.4. The van der Waals surface area contributed by atoms with Gasteiger partial charge in [0.2, 0.25) is 0 Å². The summed E-state index contributed by atoms with van der Waals surface area (Å²) in [7, 11) is 0. The third-order valence-corrected chi connectivity index (χ3v) is 7.10. The number of unbranched alkanes of at least 4 members (excludes halogenated alkanes) is 6. The van der Waals surface area contributed by atoms with Crippen LogP contribution < -0.4 is 0 Å². The predicted octanol–water partition coefficient (Wildman–Crippen LogP) is 7.28. The van der Waals surface area contributed by atoms with Crippen molar-refractivity contribution in [3.05, 3.63) is 0 Å². The number of nitrogens with zero attached hydrogens (tertiary/aromatic N) is 1. The number of hydrogen-bond donors (Lipinski definition) is 0. The van der Waals surface area contributed by atoms with Crippen LogP contribution in [-0.4, -0.2) is 88.6 Å². The minimum atomic E-state index is -0.0444. The number of piperidine rings is 1. The lowest BCUT2D eigenvalue weighted by Gasteiger charge is -2.48. The van der Waals surface area contributed by atoms with Crippen molar-refractivity contribution < 1.29 is 23.7 Å². The molecule has 0 aliphatic carbocycles. The molecule has 0 aromatic rings. The predicted molar refractivity (Wildman–Crippen MR) is 159 cm³/mol. The van der Waals surface area contributed by atoms with E-state index in [-0.39, 0.29) is 29.8 Å². The SMILES string of the molecule is CCCCOC[C@@H]1[C@@H](OCCCC)[C@H](OCCCC)[C@@H](OCCCC)CN1CCCCCOCC(C)(C)C. The van der Waals surface area contributed by atoms with Crippen molar-refractivity contribution in [2.45, 2.75) is 143 Å². The molecule has 228 valence electrons. The molecule has 0 N–H and O–H groups in total. The Balaban J connectivity index is 2.93. The van der Waals surface area contributed by atoms with Gasteiger partial charge in [-0.2, -0.15) is 0 Å². The molecule has 0 aromatic heterocycles. The van der Waals surface area contributed by atoms with Crippen LogP contribution in [0.2, 0.25) is 0 Å². The number of rotatable bonds is 24. The highest BCUT2D eigenvalue weighted by atomic mass is 16.6. The van der Waals surface area contributed by atoms with Crippen molar-refractivity contribution in [1.82, 2.24) is 4.90 Å². The van der Waals surface area contributed by atoms with Gasteiger partial charge in [0, 0.05) is 39.6 Å². The standard InChI is InChI=1S/C32H65NO5/c1-8-12-20-34-26-28-30(37-23-14-10-3)31(38-24-15-11-4)29(36-22-13-9-2)25-33(28)19-17-16-18-21-35-27-32(5,6)7/h28-31H,8-27H2,1-7H3/t28-,29+,30-,31-/m1/s1. The second-order valence-corrected chi connectivity index (χ2v) is 12.3. The molecule has 0 unspecified atom stereocenters. The van der Waals surface area contributed by atoms with Gasteiger partial charge in [-0.3, -0.25) is 4.90 Å². The summed E-state index contributed by atoms with van der Waals surface area (Å²) in [5, 5.41) is 0. The molecule has 0 aromatic carbocycles. The molecule has 38 heavy (non-hydrogen) atoms. The second kappa shape index (κ2) is 22.4. The van der Waals surface area contributed by atoms with Crippen LogP contribution >= 0.6 is 0 Å². The molecule has 1 fully saturated rings. The zero-order valence-corrected chi connectivity index (χ0v) is 26.4. The first-order valence-electron chi connectivity index (χ1n) is 16.1. The summed E-state index contributed by atoms with van der Waals surface area (Å²) in [5.41, 5.74) is 0.230. The molecule has 6 heteroatoms. The Bertz CT molecular complexity index is 526. The fourth-order valence-corrected chi connectivity index (χ4v) is 4.75. The average molecular weight is 544 g/mol. The van der Waals surface area contributed by atoms with Crippen molar-refractivity contribution in [1.29, 1.82) is 0 Å². The van der Waals surface area contributed by atoms with Gasteiger partial charge in [-0.1, -0.05) is 74.1 Å². The average Bonchev–Trinajstić information content (AvgIpc) is 2.88. The van der Waals surface area contributed by atoms with E-state index < -0.39 is 0 Å². The topological polar surface area (TPSA) is 49.4 Å². The Morgan fingerprint density at radius 1 is 0.605 bits per heavy atom. The summed E-state index contributed by atoms with van der Waals surface area (Å²) in [5.74, 6) is 0. The lowest BCUT2D eigenvalue weighted by Crippen LogP contribution is -2.65. The second-order valence-electron chi connectivity index (χ2n) is 12.3. The van der Waals surface area contributed by atoms with Crippen molar-refractivity contribution in [3.8, 4) is 0 Å². The summed E-state index contributed by atoms with van der Waals surface area (Å²) in [6, 6.07) is 0.193. The molecule has 1 heterocycles. The lowest BCUT2D eigenvalue weighted by atomic mass is 9.92. The molecule has 1 rings (SSSR count). The van der Waals surface area contributed by atoms with Crippen LogP contribution in [0, 0.1) is 5.41 Å². The van der Waals surface area contributed by atoms with Crippen LogP contribution in [0.25, 0.3) is 0 Å². The maximum atomic E-state index is 6.65. The van der Waals surface area contributed by atoms with Crippen LogP contribution in [-0.2, 0) is 23.7 Å². The van der Waals surface area contributed by atoms with Gasteiger partial charge in [-0.25, -0.2) is 0 Å². The zero-order chi connectivity index (χ0) is 28.1. The summed E-state index contributed by atoms with van der Waals surface area (Å²) in [4.78, 5) is 2.59. The van der Waals surface area contributed by atoms with E-state index >= 15 is 0 Å². The highest BCUT2D eigenvalue weighted by Gasteiger charge is 2.45. The summed E-state index contributed by atoms with van der Waals surface area (Å²) >= 11 is 0. The quantitative estimate of drug-likeness (QED) is 0.119. The van der Waals surface area contributed by atoms with E-state index in [1.807, 2.05) is 0 Å². The Kier molecular flexibility index (Phi) is 21.1. The third-order valence-electron chi connectivity index (χ3n) is 7.10. The van der Waals surface area contributed by atoms with Gasteiger partial charge in [0.05, 0.1) is 25.4 Å². The Labute approximate surface area is 236 Å². The fraction of sp³-hybridized carbons (Fsp3) is 1.00. The van der Waals surface area contributed by atoms with Crippen molar-refractivity contribution in [2.75, 3.05) is 59.3 Å². The van der Waals surface area contributed by atoms with Crippen LogP contribution in [0.15, 0.2) is 0 Å². The summed E-state index contributed by atoms with van der Waals surface area (Å²) in [6.07, 6.45) is 12.2. The number of likely N-dealkylation sites (tertiary alicyclic amines) is 1. The van der Waals surface area contributed by atoms with E-state index in [2.05, 4.69) is 53.4 Å². The third kappa shape index (κ3) is 16.1. The van der Waals surface area contributed by atoms with E-state index in [1.54, 1.807) is 0 Å². The first-order chi connectivity index (χ1) is 18.4. The maximum absolute atomic E-state index is 6.65. The molecule has 1 aliphatic heterocycles. The Morgan fingerprint density at radius 2 is 1.16 bits per heavy atom. The summed E-state index contributed by atoms with van der Waals surface area (Å²) < 4.78 is 31.9. The molecule has 1 saturated heterocycles. The maximum Gasteiger partial charge on any atom is 0.113 e. The first-order valence-corrected chi connectivity index (χ1v) is 16.1. The normalized spacial score (nSPS) is 22.8. The van der Waals surface area contributed by atoms with E-state index in [0.717, 1.165) is 117 Å². The molecule has 4 atom stereocenters. The van der Waals surface area contributed by atoms with Gasteiger partial charge in [0.15, 0.2) is 0 Å². The fourth-order valence-electron chi connectivity index (χ4n) is 4.75. The van der Waals surface area contributed by atoms with E-state index in [0.29, 0.717) is 6.61 Å². The van der Waals surface area contributed by atoms with Crippen LogP contribution in [0.3, 0.4) is 0 Å². The van der Waals surface area contributed by atoms with Gasteiger partial charge in [-0.15, -0.1) is 0 Å². The molecular weight excluding hydrogens is 478 g/mol. The number of hydrogen-bond acceptors (Lipinski definition) is 6. The van der Waals surface area contributed by atoms with Gasteiger partial charge in [0.1, 0.15) is 12.2 Å². The van der Waals surface area contributed by atoms with Gasteiger partial charge >= 0.3 is 0 Å². The van der Waals surface area contributed by atoms with Crippen molar-refractivity contribution >= 4 is 0 Å². The van der Waals surface area contributed by atoms with Crippen LogP contribution in [0.5, 0.6) is 0 Å². The lowest BCUT2D eigenvalue weighted by molar-refractivity contribution is -0.201. The number of ether oxygens (including phenoxy) is 5. The van der Waals surface area contributed by atoms with Crippen molar-refractivity contribution in [2.24, 2.45) is 5.41 Å². The molecule has 0 saturated carbocycles. The van der Waals surface area contributed by atoms with Gasteiger partial charge < -0.3 is 23.7 Å². The molecule has 0 amide bonds. The highest BCUT2D eigenvalue weighted by molar-refractivity contribution is 4.97. The smallest absolute Gasteiger partial charge is 0.113 e. The Morgan fingerprint density at radius 3 is 1.76 bits per heavy atom. The minimum absolute atomic E-state index is 0.0319. The summed E-state index contributed by atoms with van der Waals surface area (Å²) in [6.45, 7) is 23.0. The largest absolute Gasteiger partial charge is 0.381 e. The van der Waals surface area contributed by atoms with Crippen LogP contribution in [0.4, 0.5) is 0 Å². The minimum Gasteiger partial charge on any atom is -0.381 e. The Hall–Kier alpha value is -0.240. The van der Waals surface area contributed by atoms with Gasteiger partial charge in [-0.05, 0) is 56.9 Å². The van der Waals surface area contributed by atoms with E-state index in [1.165, 1.54) is 6.42 Å². The molecule has 6 nitrogen and oxygen atoms in total. The monoisotopic (exact) mass is 543 g/mol. The highest BCUT2D eigenvalue weighted by Crippen LogP contribution is 2.28. The van der Waals surface area contributed by atoms with Crippen LogP contribution in [0.1, 0.15) is 119 Å². The first kappa shape index (κ1) is 35.8. The molecule has 0 radical (unpaired) electrons. The molecular formula is C32H65NO5. The van der Waals surface area contributed by atoms with Crippen molar-refractivity contribution in [3.63, 3.8) is 0 Å². The molecule has 1 aliphatic rings. The molecule has 0 spiro atoms. The van der Waals surface area contributed by atoms with E-state index in [9.17, 15) is 0 Å². The van der Waals surface area contributed by atoms with E-state index in [4.69, 9.17) is 23.7 Å².